The number of H-pyrrole nitrogens is 1. The zero-order valence-corrected chi connectivity index (χ0v) is 17.1. The summed E-state index contributed by atoms with van der Waals surface area (Å²) in [6.07, 6.45) is 1.82. The van der Waals surface area contributed by atoms with Crippen LogP contribution >= 0.6 is 0 Å². The van der Waals surface area contributed by atoms with Crippen molar-refractivity contribution in [2.24, 2.45) is 0 Å². The summed E-state index contributed by atoms with van der Waals surface area (Å²) in [6, 6.07) is 3.40. The highest BCUT2D eigenvalue weighted by molar-refractivity contribution is 5.96. The van der Waals surface area contributed by atoms with E-state index in [1.54, 1.807) is 12.1 Å². The third-order valence-corrected chi connectivity index (χ3v) is 5.09. The fraction of sp³-hybridized carbons (Fsp3) is 0.550. The van der Waals surface area contributed by atoms with Crippen LogP contribution in [0.5, 0.6) is 11.8 Å². The number of rotatable bonds is 6. The molecule has 1 aliphatic heterocycles. The Kier molecular flexibility index (Phi) is 6.51. The van der Waals surface area contributed by atoms with Crippen LogP contribution in [0.1, 0.15) is 40.9 Å². The summed E-state index contributed by atoms with van der Waals surface area (Å²) in [5.74, 6) is 1.69. The zero-order valence-electron chi connectivity index (χ0n) is 17.1. The second-order valence-electron chi connectivity index (χ2n) is 6.94. The first kappa shape index (κ1) is 20.1. The number of pyridine rings is 1. The van der Waals surface area contributed by atoms with Gasteiger partial charge < -0.3 is 19.4 Å². The van der Waals surface area contributed by atoms with E-state index in [9.17, 15) is 4.79 Å². The molecule has 0 radical (unpaired) electrons. The monoisotopic (exact) mass is 387 g/mol. The second kappa shape index (κ2) is 9.05. The van der Waals surface area contributed by atoms with E-state index in [2.05, 4.69) is 33.7 Å². The van der Waals surface area contributed by atoms with Crippen molar-refractivity contribution < 1.29 is 14.3 Å². The van der Waals surface area contributed by atoms with E-state index in [0.717, 1.165) is 49.7 Å². The van der Waals surface area contributed by atoms with Gasteiger partial charge in [0.1, 0.15) is 11.4 Å². The lowest BCUT2D eigenvalue weighted by atomic mass is 10.2. The fourth-order valence-corrected chi connectivity index (χ4v) is 3.45. The van der Waals surface area contributed by atoms with Gasteiger partial charge in [0.15, 0.2) is 0 Å². The van der Waals surface area contributed by atoms with Crippen molar-refractivity contribution in [2.75, 3.05) is 40.4 Å². The molecule has 1 fully saturated rings. The van der Waals surface area contributed by atoms with Crippen LogP contribution in [0.3, 0.4) is 0 Å². The van der Waals surface area contributed by atoms with E-state index in [-0.39, 0.29) is 5.91 Å². The van der Waals surface area contributed by atoms with Crippen molar-refractivity contribution in [2.45, 2.75) is 33.2 Å². The number of imidazole rings is 1. The summed E-state index contributed by atoms with van der Waals surface area (Å²) in [4.78, 5) is 29.5. The molecule has 1 saturated heterocycles. The van der Waals surface area contributed by atoms with E-state index in [1.807, 2.05) is 4.90 Å². The van der Waals surface area contributed by atoms with Crippen molar-refractivity contribution in [1.82, 2.24) is 24.8 Å². The maximum absolute atomic E-state index is 13.0. The largest absolute Gasteiger partial charge is 0.481 e. The first-order valence-electron chi connectivity index (χ1n) is 9.70. The van der Waals surface area contributed by atoms with Crippen LogP contribution in [0.25, 0.3) is 0 Å². The van der Waals surface area contributed by atoms with Gasteiger partial charge in [0.2, 0.25) is 11.8 Å². The molecule has 0 unspecified atom stereocenters. The number of aryl methyl sites for hydroxylation is 2. The Hall–Kier alpha value is -2.61. The van der Waals surface area contributed by atoms with E-state index >= 15 is 0 Å². The second-order valence-corrected chi connectivity index (χ2v) is 6.94. The molecule has 152 valence electrons. The van der Waals surface area contributed by atoms with E-state index in [4.69, 9.17) is 9.47 Å². The number of aromatic nitrogens is 3. The Morgan fingerprint density at radius 3 is 2.64 bits per heavy atom. The molecule has 0 aliphatic carbocycles. The van der Waals surface area contributed by atoms with E-state index in [1.165, 1.54) is 14.2 Å². The molecular weight excluding hydrogens is 358 g/mol. The predicted molar refractivity (Wildman–Crippen MR) is 106 cm³/mol. The number of ether oxygens (including phenoxy) is 2. The predicted octanol–water partition coefficient (Wildman–Crippen LogP) is 2.04. The first-order chi connectivity index (χ1) is 13.5. The summed E-state index contributed by atoms with van der Waals surface area (Å²) in [5.41, 5.74) is 2.69. The lowest BCUT2D eigenvalue weighted by molar-refractivity contribution is 0.0756. The molecule has 0 saturated carbocycles. The van der Waals surface area contributed by atoms with Crippen molar-refractivity contribution in [3.8, 4) is 11.8 Å². The van der Waals surface area contributed by atoms with Gasteiger partial charge in [-0.1, -0.05) is 6.92 Å². The third kappa shape index (κ3) is 4.44. The molecule has 0 atom stereocenters. The van der Waals surface area contributed by atoms with Crippen molar-refractivity contribution in [3.05, 3.63) is 34.9 Å². The van der Waals surface area contributed by atoms with Gasteiger partial charge in [0.25, 0.3) is 5.91 Å². The quantitative estimate of drug-likeness (QED) is 0.817. The highest BCUT2D eigenvalue weighted by Crippen LogP contribution is 2.22. The van der Waals surface area contributed by atoms with Gasteiger partial charge in [0.05, 0.1) is 19.9 Å². The molecule has 2 aromatic rings. The Labute approximate surface area is 165 Å². The maximum Gasteiger partial charge on any atom is 0.259 e. The normalized spacial score (nSPS) is 15.4. The van der Waals surface area contributed by atoms with Gasteiger partial charge in [-0.05, 0) is 19.4 Å². The molecule has 3 rings (SSSR count). The van der Waals surface area contributed by atoms with Crippen LogP contribution < -0.4 is 9.47 Å². The number of carbonyl (C=O) groups excluding carboxylic acids is 1. The minimum absolute atomic E-state index is 0.0573. The first-order valence-corrected chi connectivity index (χ1v) is 9.70. The molecule has 8 nitrogen and oxygen atoms in total. The smallest absolute Gasteiger partial charge is 0.259 e. The molecule has 3 heterocycles. The summed E-state index contributed by atoms with van der Waals surface area (Å²) < 4.78 is 10.4. The number of nitrogens with one attached hydrogen (secondary N) is 1. The van der Waals surface area contributed by atoms with Gasteiger partial charge in [-0.25, -0.2) is 4.98 Å². The molecule has 1 amide bonds. The van der Waals surface area contributed by atoms with Crippen LogP contribution in [-0.2, 0) is 13.0 Å². The summed E-state index contributed by atoms with van der Waals surface area (Å²) in [7, 11) is 3.05. The molecule has 0 spiro atoms. The molecule has 28 heavy (non-hydrogen) atoms. The van der Waals surface area contributed by atoms with Gasteiger partial charge in [-0.15, -0.1) is 0 Å². The van der Waals surface area contributed by atoms with Gasteiger partial charge >= 0.3 is 0 Å². The Balaban J connectivity index is 1.66. The van der Waals surface area contributed by atoms with Crippen LogP contribution in [0.4, 0.5) is 0 Å². The molecule has 1 N–H and O–H groups in total. The average Bonchev–Trinajstić information content (AvgIpc) is 2.91. The highest BCUT2D eigenvalue weighted by atomic mass is 16.5. The number of aromatic amines is 1. The van der Waals surface area contributed by atoms with Crippen LogP contribution in [-0.4, -0.2) is 71.1 Å². The van der Waals surface area contributed by atoms with Crippen molar-refractivity contribution >= 4 is 5.91 Å². The molecule has 0 bridgehead atoms. The lowest BCUT2D eigenvalue weighted by Gasteiger charge is -2.22. The number of amides is 1. The number of nitrogens with zero attached hydrogens (tertiary/aromatic N) is 4. The Morgan fingerprint density at radius 2 is 1.96 bits per heavy atom. The van der Waals surface area contributed by atoms with Crippen LogP contribution in [0.15, 0.2) is 12.1 Å². The fourth-order valence-electron chi connectivity index (χ4n) is 3.45. The Bertz CT molecular complexity index is 820. The third-order valence-electron chi connectivity index (χ3n) is 5.09. The number of methoxy groups -OCH3 is 2. The van der Waals surface area contributed by atoms with E-state index in [0.29, 0.717) is 30.4 Å². The molecular formula is C20H29N5O3. The molecule has 0 aromatic carbocycles. The minimum Gasteiger partial charge on any atom is -0.481 e. The Morgan fingerprint density at radius 1 is 1.14 bits per heavy atom. The molecule has 8 heteroatoms. The van der Waals surface area contributed by atoms with Crippen molar-refractivity contribution in [3.63, 3.8) is 0 Å². The van der Waals surface area contributed by atoms with Crippen LogP contribution in [0, 0.1) is 6.92 Å². The average molecular weight is 387 g/mol. The van der Waals surface area contributed by atoms with Gasteiger partial charge in [-0.3, -0.25) is 9.69 Å². The lowest BCUT2D eigenvalue weighted by Crippen LogP contribution is -2.35. The minimum atomic E-state index is -0.0573. The summed E-state index contributed by atoms with van der Waals surface area (Å²) in [5, 5.41) is 0. The summed E-state index contributed by atoms with van der Waals surface area (Å²) >= 11 is 0. The topological polar surface area (TPSA) is 83.6 Å². The molecule has 1 aliphatic rings. The number of hydrogen-bond acceptors (Lipinski definition) is 6. The highest BCUT2D eigenvalue weighted by Gasteiger charge is 2.24. The standard InChI is InChI=1S/C20H29N5O3/c1-5-17-21-14(2)16(22-17)13-24-9-6-10-25(12-11-24)20(26)15-7-8-18(27-3)23-19(15)28-4/h7-8H,5-6,9-13H2,1-4H3,(H,21,22). The van der Waals surface area contributed by atoms with Gasteiger partial charge in [-0.2, -0.15) is 4.98 Å². The number of hydrogen-bond donors (Lipinski definition) is 1. The van der Waals surface area contributed by atoms with E-state index < -0.39 is 0 Å². The van der Waals surface area contributed by atoms with Crippen LogP contribution in [0.2, 0.25) is 0 Å². The molecule has 2 aromatic heterocycles. The zero-order chi connectivity index (χ0) is 20.1. The van der Waals surface area contributed by atoms with Crippen molar-refractivity contribution in [1.29, 1.82) is 0 Å². The number of carbonyl (C=O) groups is 1. The SMILES string of the molecule is CCc1nc(CN2CCCN(C(=O)c3ccc(OC)nc3OC)CC2)c(C)[nH]1. The maximum atomic E-state index is 13.0. The van der Waals surface area contributed by atoms with Gasteiger partial charge in [0, 0.05) is 50.9 Å². The summed E-state index contributed by atoms with van der Waals surface area (Å²) in [6.45, 7) is 8.10.